The maximum atomic E-state index is 12.1. The van der Waals surface area contributed by atoms with Gasteiger partial charge in [0.2, 0.25) is 0 Å². The first kappa shape index (κ1) is 13.6. The molecule has 0 aliphatic heterocycles. The molecule has 23 heavy (non-hydrogen) atoms. The third kappa shape index (κ3) is 2.36. The maximum absolute atomic E-state index is 12.1. The van der Waals surface area contributed by atoms with Crippen molar-refractivity contribution < 1.29 is 0 Å². The van der Waals surface area contributed by atoms with Gasteiger partial charge in [0.05, 0.1) is 0 Å². The van der Waals surface area contributed by atoms with Gasteiger partial charge in [0.25, 0.3) is 5.56 Å². The summed E-state index contributed by atoms with van der Waals surface area (Å²) in [5.41, 5.74) is 4.78. The number of H-pyrrole nitrogens is 2. The van der Waals surface area contributed by atoms with Crippen molar-refractivity contribution in [3.63, 3.8) is 0 Å². The molecule has 2 N–H and O–H groups in total. The maximum Gasteiger partial charge on any atom is 0.272 e. The highest BCUT2D eigenvalue weighted by Gasteiger charge is 2.09. The topological polar surface area (TPSA) is 48.6 Å². The molecule has 2 heterocycles. The van der Waals surface area contributed by atoms with Crippen LogP contribution in [0.15, 0.2) is 59.5 Å². The van der Waals surface area contributed by atoms with E-state index in [4.69, 9.17) is 0 Å². The standard InChI is InChI=1S/C20H16N2O/c1-13-12-21-19-18(13)16-11-15(9-10-17(16)22-20(19)23)8-7-14-5-3-2-4-6-14/h2-12,21H,1H3,(H,22,23)/b8-7+. The number of aromatic nitrogens is 2. The van der Waals surface area contributed by atoms with Crippen molar-refractivity contribution in [3.8, 4) is 0 Å². The van der Waals surface area contributed by atoms with Crippen LogP contribution < -0.4 is 5.56 Å². The van der Waals surface area contributed by atoms with Crippen LogP contribution in [0.5, 0.6) is 0 Å². The Balaban J connectivity index is 1.89. The van der Waals surface area contributed by atoms with Crippen molar-refractivity contribution in [2.75, 3.05) is 0 Å². The molecule has 0 atom stereocenters. The minimum absolute atomic E-state index is 0.0758. The average Bonchev–Trinajstić information content (AvgIpc) is 2.97. The molecule has 4 aromatic rings. The molecule has 0 radical (unpaired) electrons. The molecule has 0 aliphatic rings. The molecule has 3 nitrogen and oxygen atoms in total. The summed E-state index contributed by atoms with van der Waals surface area (Å²) in [5.74, 6) is 0. The Bertz CT molecular complexity index is 1090. The molecule has 0 bridgehead atoms. The Morgan fingerprint density at radius 3 is 2.57 bits per heavy atom. The highest BCUT2D eigenvalue weighted by atomic mass is 16.1. The normalized spacial score (nSPS) is 11.7. The molecule has 3 heteroatoms. The summed E-state index contributed by atoms with van der Waals surface area (Å²) in [6.45, 7) is 2.02. The second-order valence-electron chi connectivity index (χ2n) is 5.72. The number of hydrogen-bond acceptors (Lipinski definition) is 1. The lowest BCUT2D eigenvalue weighted by molar-refractivity contribution is 1.31. The van der Waals surface area contributed by atoms with Crippen LogP contribution in [0.4, 0.5) is 0 Å². The smallest absolute Gasteiger partial charge is 0.272 e. The predicted octanol–water partition coefficient (Wildman–Crippen LogP) is 4.49. The number of aromatic amines is 2. The second kappa shape index (κ2) is 5.29. The fourth-order valence-corrected chi connectivity index (χ4v) is 2.97. The van der Waals surface area contributed by atoms with Crippen molar-refractivity contribution in [2.45, 2.75) is 6.92 Å². The molecule has 112 valence electrons. The van der Waals surface area contributed by atoms with Gasteiger partial charge in [-0.05, 0) is 35.7 Å². The van der Waals surface area contributed by atoms with E-state index in [2.05, 4.69) is 40.3 Å². The number of nitrogens with one attached hydrogen (secondary N) is 2. The summed E-state index contributed by atoms with van der Waals surface area (Å²) in [4.78, 5) is 18.1. The van der Waals surface area contributed by atoms with E-state index in [0.29, 0.717) is 5.52 Å². The summed E-state index contributed by atoms with van der Waals surface area (Å²) in [5, 5.41) is 2.06. The Labute approximate surface area is 133 Å². The Morgan fingerprint density at radius 2 is 1.74 bits per heavy atom. The molecular formula is C20H16N2O. The second-order valence-corrected chi connectivity index (χ2v) is 5.72. The molecule has 0 saturated heterocycles. The number of fused-ring (bicyclic) bond motifs is 3. The first-order valence-corrected chi connectivity index (χ1v) is 7.59. The highest BCUT2D eigenvalue weighted by Crippen LogP contribution is 2.25. The molecule has 0 unspecified atom stereocenters. The van der Waals surface area contributed by atoms with Crippen LogP contribution in [0.3, 0.4) is 0 Å². The monoisotopic (exact) mass is 300 g/mol. The molecule has 0 fully saturated rings. The minimum Gasteiger partial charge on any atom is -0.356 e. The van der Waals surface area contributed by atoms with Crippen LogP contribution in [-0.4, -0.2) is 9.97 Å². The quantitative estimate of drug-likeness (QED) is 0.527. The van der Waals surface area contributed by atoms with E-state index in [1.807, 2.05) is 43.5 Å². The molecular weight excluding hydrogens is 284 g/mol. The first-order chi connectivity index (χ1) is 11.2. The van der Waals surface area contributed by atoms with Crippen molar-refractivity contribution in [1.29, 1.82) is 0 Å². The van der Waals surface area contributed by atoms with Gasteiger partial charge in [0, 0.05) is 22.5 Å². The predicted molar refractivity (Wildman–Crippen MR) is 96.5 cm³/mol. The van der Waals surface area contributed by atoms with Crippen LogP contribution >= 0.6 is 0 Å². The number of pyridine rings is 1. The van der Waals surface area contributed by atoms with E-state index in [0.717, 1.165) is 33.0 Å². The average molecular weight is 300 g/mol. The van der Waals surface area contributed by atoms with Crippen LogP contribution in [0, 0.1) is 6.92 Å². The van der Waals surface area contributed by atoms with E-state index in [1.165, 1.54) is 0 Å². The van der Waals surface area contributed by atoms with Gasteiger partial charge in [0.1, 0.15) is 5.52 Å². The number of rotatable bonds is 2. The molecule has 4 rings (SSSR count). The molecule has 2 aromatic carbocycles. The van der Waals surface area contributed by atoms with E-state index in [1.54, 1.807) is 0 Å². The molecule has 2 aromatic heterocycles. The fraction of sp³-hybridized carbons (Fsp3) is 0.0500. The van der Waals surface area contributed by atoms with Gasteiger partial charge in [-0.2, -0.15) is 0 Å². The van der Waals surface area contributed by atoms with Crippen molar-refractivity contribution >= 4 is 34.0 Å². The SMILES string of the molecule is Cc1c[nH]c2c(=O)[nH]c3ccc(/C=C/c4ccccc4)cc3c12. The molecule has 0 amide bonds. The van der Waals surface area contributed by atoms with Gasteiger partial charge in [0.15, 0.2) is 0 Å². The zero-order valence-electron chi connectivity index (χ0n) is 12.8. The lowest BCUT2D eigenvalue weighted by atomic mass is 10.0. The van der Waals surface area contributed by atoms with Crippen LogP contribution in [0.2, 0.25) is 0 Å². The molecule has 0 spiro atoms. The highest BCUT2D eigenvalue weighted by molar-refractivity contribution is 6.06. The number of hydrogen-bond donors (Lipinski definition) is 2. The summed E-state index contributed by atoms with van der Waals surface area (Å²) < 4.78 is 0. The number of aryl methyl sites for hydroxylation is 1. The zero-order valence-corrected chi connectivity index (χ0v) is 12.8. The van der Waals surface area contributed by atoms with E-state index >= 15 is 0 Å². The van der Waals surface area contributed by atoms with E-state index in [-0.39, 0.29) is 5.56 Å². The first-order valence-electron chi connectivity index (χ1n) is 7.59. The molecule has 0 aliphatic carbocycles. The zero-order chi connectivity index (χ0) is 15.8. The summed E-state index contributed by atoms with van der Waals surface area (Å²) in [6.07, 6.45) is 6.06. The van der Waals surface area contributed by atoms with Crippen LogP contribution in [0.25, 0.3) is 34.0 Å². The van der Waals surface area contributed by atoms with Gasteiger partial charge >= 0.3 is 0 Å². The summed E-state index contributed by atoms with van der Waals surface area (Å²) in [6, 6.07) is 16.3. The van der Waals surface area contributed by atoms with Crippen molar-refractivity contribution in [2.24, 2.45) is 0 Å². The van der Waals surface area contributed by atoms with Crippen LogP contribution in [0.1, 0.15) is 16.7 Å². The van der Waals surface area contributed by atoms with Gasteiger partial charge in [-0.15, -0.1) is 0 Å². The van der Waals surface area contributed by atoms with Gasteiger partial charge in [-0.3, -0.25) is 4.79 Å². The van der Waals surface area contributed by atoms with Gasteiger partial charge in [-0.1, -0.05) is 48.6 Å². The van der Waals surface area contributed by atoms with E-state index < -0.39 is 0 Å². The van der Waals surface area contributed by atoms with Crippen LogP contribution in [-0.2, 0) is 0 Å². The van der Waals surface area contributed by atoms with Gasteiger partial charge < -0.3 is 9.97 Å². The minimum atomic E-state index is -0.0758. The molecule has 0 saturated carbocycles. The lowest BCUT2D eigenvalue weighted by Crippen LogP contribution is -2.06. The fourth-order valence-electron chi connectivity index (χ4n) is 2.97. The summed E-state index contributed by atoms with van der Waals surface area (Å²) >= 11 is 0. The third-order valence-corrected chi connectivity index (χ3v) is 4.13. The Kier molecular flexibility index (Phi) is 3.12. The largest absolute Gasteiger partial charge is 0.356 e. The summed E-state index contributed by atoms with van der Waals surface area (Å²) in [7, 11) is 0. The van der Waals surface area contributed by atoms with Gasteiger partial charge in [-0.25, -0.2) is 0 Å². The number of benzene rings is 2. The Hall–Kier alpha value is -3.07. The van der Waals surface area contributed by atoms with E-state index in [9.17, 15) is 4.79 Å². The Morgan fingerprint density at radius 1 is 0.957 bits per heavy atom. The third-order valence-electron chi connectivity index (χ3n) is 4.13. The van der Waals surface area contributed by atoms with Crippen molar-refractivity contribution in [3.05, 3.63) is 81.8 Å². The lowest BCUT2D eigenvalue weighted by Gasteiger charge is -2.03. The van der Waals surface area contributed by atoms with Crippen molar-refractivity contribution in [1.82, 2.24) is 9.97 Å².